The highest BCUT2D eigenvalue weighted by Crippen LogP contribution is 2.59. The average Bonchev–Trinajstić information content (AvgIpc) is 3.00. The lowest BCUT2D eigenvalue weighted by atomic mass is 9.55. The second-order valence-electron chi connectivity index (χ2n) is 8.80. The van der Waals surface area contributed by atoms with Crippen LogP contribution in [0.4, 0.5) is 5.69 Å². The molecule has 4 heterocycles. The number of hydrogen-bond acceptors (Lipinski definition) is 6. The van der Waals surface area contributed by atoms with E-state index >= 15 is 0 Å². The highest BCUT2D eigenvalue weighted by atomic mass is 16.5. The fourth-order valence-corrected chi connectivity index (χ4v) is 6.44. The van der Waals surface area contributed by atoms with E-state index in [4.69, 9.17) is 14.5 Å². The molecule has 0 aromatic heterocycles. The standard InChI is InChI=1S/C22H28N2O4/c1-4-13-9-18-21(20(25)28-3)11-14(13)12-24(18)8-7-22(26)16-10-15(27-2)5-6-17(16)23-19(21)22/h5-6,10,13-14,18,26H,4,7-9,11-12H2,1-3H3. The normalized spacial score (nSPS) is 40.2. The number of ether oxygens (including phenoxy) is 2. The summed E-state index contributed by atoms with van der Waals surface area (Å²) in [5, 5.41) is 12.0. The van der Waals surface area contributed by atoms with Gasteiger partial charge in [-0.25, -0.2) is 0 Å². The molecule has 4 bridgehead atoms. The van der Waals surface area contributed by atoms with Crippen LogP contribution in [-0.2, 0) is 15.1 Å². The fourth-order valence-electron chi connectivity index (χ4n) is 6.44. The van der Waals surface area contributed by atoms with Crippen molar-refractivity contribution in [2.24, 2.45) is 22.2 Å². The molecule has 1 aromatic carbocycles. The molecule has 4 aliphatic heterocycles. The number of carbonyl (C=O) groups is 1. The number of aliphatic hydroxyl groups is 1. The summed E-state index contributed by atoms with van der Waals surface area (Å²) >= 11 is 0. The zero-order valence-corrected chi connectivity index (χ0v) is 16.8. The third kappa shape index (κ3) is 2.10. The van der Waals surface area contributed by atoms with Crippen LogP contribution in [0.2, 0.25) is 0 Å². The Morgan fingerprint density at radius 1 is 1.39 bits per heavy atom. The predicted molar refractivity (Wildman–Crippen MR) is 105 cm³/mol. The Morgan fingerprint density at radius 2 is 2.21 bits per heavy atom. The number of aliphatic imine (C=N–C) groups is 1. The van der Waals surface area contributed by atoms with Crippen molar-refractivity contribution in [2.75, 3.05) is 27.3 Å². The molecule has 1 saturated carbocycles. The molecule has 0 amide bonds. The number of nitrogens with zero attached hydrogens (tertiary/aromatic N) is 2. The highest BCUT2D eigenvalue weighted by Gasteiger charge is 2.67. The van der Waals surface area contributed by atoms with Gasteiger partial charge in [0.25, 0.3) is 0 Å². The Bertz CT molecular complexity index is 868. The number of esters is 1. The van der Waals surface area contributed by atoms with E-state index in [1.807, 2.05) is 18.2 Å². The summed E-state index contributed by atoms with van der Waals surface area (Å²) in [5.74, 6) is 1.49. The van der Waals surface area contributed by atoms with E-state index in [9.17, 15) is 9.90 Å². The molecule has 4 fully saturated rings. The van der Waals surface area contributed by atoms with Crippen LogP contribution in [-0.4, -0.2) is 55.0 Å². The summed E-state index contributed by atoms with van der Waals surface area (Å²) in [6, 6.07) is 5.65. The van der Waals surface area contributed by atoms with Gasteiger partial charge in [-0.2, -0.15) is 0 Å². The van der Waals surface area contributed by atoms with Crippen LogP contribution < -0.4 is 4.74 Å². The minimum Gasteiger partial charge on any atom is -0.497 e. The molecule has 6 heteroatoms. The second kappa shape index (κ2) is 6.04. The van der Waals surface area contributed by atoms with Gasteiger partial charge in [0, 0.05) is 24.7 Å². The predicted octanol–water partition coefficient (Wildman–Crippen LogP) is 2.65. The Hall–Kier alpha value is -1.92. The molecule has 1 aromatic rings. The Labute approximate surface area is 165 Å². The van der Waals surface area contributed by atoms with Gasteiger partial charge in [-0.1, -0.05) is 13.3 Å². The molecule has 1 aliphatic carbocycles. The Morgan fingerprint density at radius 3 is 2.89 bits per heavy atom. The van der Waals surface area contributed by atoms with E-state index < -0.39 is 11.0 Å². The zero-order chi connectivity index (χ0) is 19.7. The number of methoxy groups -OCH3 is 2. The number of piperidine rings is 2. The van der Waals surface area contributed by atoms with Crippen LogP contribution in [0.1, 0.15) is 38.2 Å². The molecule has 0 radical (unpaired) electrons. The molecule has 6 atom stereocenters. The lowest BCUT2D eigenvalue weighted by molar-refractivity contribution is -0.163. The van der Waals surface area contributed by atoms with Gasteiger partial charge in [0.2, 0.25) is 0 Å². The third-order valence-electron chi connectivity index (χ3n) is 7.79. The molecule has 6 nitrogen and oxygen atoms in total. The van der Waals surface area contributed by atoms with E-state index in [1.54, 1.807) is 7.11 Å². The van der Waals surface area contributed by atoms with Crippen molar-refractivity contribution < 1.29 is 19.4 Å². The van der Waals surface area contributed by atoms with Crippen LogP contribution >= 0.6 is 0 Å². The third-order valence-corrected chi connectivity index (χ3v) is 7.79. The summed E-state index contributed by atoms with van der Waals surface area (Å²) in [6.07, 6.45) is 3.34. The minimum absolute atomic E-state index is 0.0406. The quantitative estimate of drug-likeness (QED) is 0.812. The van der Waals surface area contributed by atoms with Crippen LogP contribution in [0, 0.1) is 17.3 Å². The van der Waals surface area contributed by atoms with Gasteiger partial charge in [-0.15, -0.1) is 0 Å². The molecule has 28 heavy (non-hydrogen) atoms. The number of fused-ring (bicyclic) bond motifs is 4. The lowest BCUT2D eigenvalue weighted by Crippen LogP contribution is -2.67. The molecule has 0 spiro atoms. The summed E-state index contributed by atoms with van der Waals surface area (Å²) in [4.78, 5) is 20.6. The van der Waals surface area contributed by atoms with Crippen molar-refractivity contribution in [3.63, 3.8) is 0 Å². The molecule has 3 saturated heterocycles. The topological polar surface area (TPSA) is 71.4 Å². The SMILES string of the molecule is CCC1CC2N3CCC4(O)C(=Nc5ccc(OC)cc54)C2(C(=O)OC)CC1C3. The minimum atomic E-state index is -1.25. The van der Waals surface area contributed by atoms with E-state index in [1.165, 1.54) is 7.11 Å². The first kappa shape index (κ1) is 18.1. The van der Waals surface area contributed by atoms with Crippen LogP contribution in [0.3, 0.4) is 0 Å². The molecular formula is C22H28N2O4. The van der Waals surface area contributed by atoms with E-state index in [0.717, 1.165) is 37.2 Å². The van der Waals surface area contributed by atoms with Crippen LogP contribution in [0.25, 0.3) is 0 Å². The first-order chi connectivity index (χ1) is 13.5. The van der Waals surface area contributed by atoms with E-state index in [0.29, 0.717) is 36.1 Å². The number of benzene rings is 1. The van der Waals surface area contributed by atoms with Crippen LogP contribution in [0.5, 0.6) is 5.75 Å². The van der Waals surface area contributed by atoms with Gasteiger partial charge in [-0.05, 0) is 49.3 Å². The molecule has 6 unspecified atom stereocenters. The number of carbonyl (C=O) groups excluding carboxylic acids is 1. The van der Waals surface area contributed by atoms with Crippen molar-refractivity contribution in [1.82, 2.24) is 4.90 Å². The largest absolute Gasteiger partial charge is 0.497 e. The van der Waals surface area contributed by atoms with Crippen LogP contribution in [0.15, 0.2) is 23.2 Å². The summed E-state index contributed by atoms with van der Waals surface area (Å²) in [5.41, 5.74) is -0.0352. The number of rotatable bonds is 3. The zero-order valence-electron chi connectivity index (χ0n) is 16.8. The molecule has 5 aliphatic rings. The van der Waals surface area contributed by atoms with Crippen molar-refractivity contribution >= 4 is 17.4 Å². The first-order valence-corrected chi connectivity index (χ1v) is 10.3. The first-order valence-electron chi connectivity index (χ1n) is 10.3. The molecular weight excluding hydrogens is 356 g/mol. The van der Waals surface area contributed by atoms with Gasteiger partial charge >= 0.3 is 5.97 Å². The average molecular weight is 384 g/mol. The van der Waals surface area contributed by atoms with Gasteiger partial charge in [-0.3, -0.25) is 14.7 Å². The lowest BCUT2D eigenvalue weighted by Gasteiger charge is -2.57. The molecule has 150 valence electrons. The monoisotopic (exact) mass is 384 g/mol. The fraction of sp³-hybridized carbons (Fsp3) is 0.636. The van der Waals surface area contributed by atoms with Gasteiger partial charge in [0.15, 0.2) is 0 Å². The second-order valence-corrected chi connectivity index (χ2v) is 8.80. The maximum atomic E-state index is 13.3. The Kier molecular flexibility index (Phi) is 3.91. The highest BCUT2D eigenvalue weighted by molar-refractivity contribution is 6.15. The van der Waals surface area contributed by atoms with Gasteiger partial charge < -0.3 is 14.6 Å². The van der Waals surface area contributed by atoms with Crippen molar-refractivity contribution in [2.45, 2.75) is 44.2 Å². The summed E-state index contributed by atoms with van der Waals surface area (Å²) < 4.78 is 10.7. The summed E-state index contributed by atoms with van der Waals surface area (Å²) in [7, 11) is 3.07. The van der Waals surface area contributed by atoms with Gasteiger partial charge in [0.05, 0.1) is 25.6 Å². The molecule has 6 rings (SSSR count). The van der Waals surface area contributed by atoms with Gasteiger partial charge in [0.1, 0.15) is 16.8 Å². The maximum Gasteiger partial charge on any atom is 0.319 e. The maximum absolute atomic E-state index is 13.3. The van der Waals surface area contributed by atoms with Crippen molar-refractivity contribution in [3.05, 3.63) is 23.8 Å². The van der Waals surface area contributed by atoms with E-state index in [2.05, 4.69) is 11.8 Å². The van der Waals surface area contributed by atoms with Crippen molar-refractivity contribution in [1.29, 1.82) is 0 Å². The Balaban J connectivity index is 1.70. The van der Waals surface area contributed by atoms with E-state index in [-0.39, 0.29) is 12.0 Å². The smallest absolute Gasteiger partial charge is 0.319 e. The summed E-state index contributed by atoms with van der Waals surface area (Å²) in [6.45, 7) is 3.99. The van der Waals surface area contributed by atoms with Crippen molar-refractivity contribution in [3.8, 4) is 5.75 Å². The number of hydrogen-bond donors (Lipinski definition) is 1. The molecule has 1 N–H and O–H groups in total.